The Morgan fingerprint density at radius 3 is 2.00 bits per heavy atom. The van der Waals surface area contributed by atoms with Crippen molar-refractivity contribution in [1.29, 1.82) is 0 Å². The van der Waals surface area contributed by atoms with Crippen LogP contribution in [-0.4, -0.2) is 60.8 Å². The van der Waals surface area contributed by atoms with Crippen molar-refractivity contribution >= 4 is 0 Å². The zero-order chi connectivity index (χ0) is 12.9. The maximum Gasteiger partial charge on any atom is 0.0575 e. The highest BCUT2D eigenvalue weighted by molar-refractivity contribution is 4.81. The van der Waals surface area contributed by atoms with Crippen molar-refractivity contribution < 1.29 is 5.11 Å². The van der Waals surface area contributed by atoms with Gasteiger partial charge in [0.15, 0.2) is 0 Å². The Balaban J connectivity index is 4.39. The van der Waals surface area contributed by atoms with Crippen LogP contribution < -0.4 is 0 Å². The molecule has 0 aliphatic carbocycles. The lowest BCUT2D eigenvalue weighted by Crippen LogP contribution is -2.47. The van der Waals surface area contributed by atoms with Crippen molar-refractivity contribution in [2.24, 2.45) is 5.41 Å². The molecule has 0 spiro atoms. The molecule has 3 nitrogen and oxygen atoms in total. The first-order valence-corrected chi connectivity index (χ1v) is 6.27. The molecule has 0 bridgehead atoms. The van der Waals surface area contributed by atoms with E-state index in [0.29, 0.717) is 6.04 Å². The van der Waals surface area contributed by atoms with Crippen molar-refractivity contribution in [3.8, 4) is 0 Å². The molecule has 0 rings (SSSR count). The zero-order valence-corrected chi connectivity index (χ0v) is 12.1. The Labute approximate surface area is 101 Å². The molecule has 0 amide bonds. The molecule has 0 saturated heterocycles. The fraction of sp³-hybridized carbons (Fsp3) is 1.00. The number of rotatable bonds is 7. The fourth-order valence-corrected chi connectivity index (χ4v) is 1.88. The second-order valence-corrected chi connectivity index (χ2v) is 5.84. The zero-order valence-electron chi connectivity index (χ0n) is 12.1. The van der Waals surface area contributed by atoms with Crippen LogP contribution in [0.5, 0.6) is 0 Å². The van der Waals surface area contributed by atoms with E-state index in [0.717, 1.165) is 19.6 Å². The monoisotopic (exact) mass is 230 g/mol. The summed E-state index contributed by atoms with van der Waals surface area (Å²) < 4.78 is 0. The van der Waals surface area contributed by atoms with Crippen molar-refractivity contribution in [2.75, 3.05) is 33.7 Å². The van der Waals surface area contributed by atoms with Crippen molar-refractivity contribution in [3.05, 3.63) is 0 Å². The topological polar surface area (TPSA) is 26.7 Å². The van der Waals surface area contributed by atoms with Gasteiger partial charge in [-0.2, -0.15) is 0 Å². The summed E-state index contributed by atoms with van der Waals surface area (Å²) in [4.78, 5) is 4.65. The second-order valence-electron chi connectivity index (χ2n) is 5.84. The molecule has 0 fully saturated rings. The molecular weight excluding hydrogens is 200 g/mol. The minimum atomic E-state index is -0.270. The van der Waals surface area contributed by atoms with E-state index < -0.39 is 0 Å². The van der Waals surface area contributed by atoms with E-state index in [1.807, 2.05) is 6.92 Å². The summed E-state index contributed by atoms with van der Waals surface area (Å²) in [5.74, 6) is 0. The van der Waals surface area contributed by atoms with Crippen LogP contribution in [0.15, 0.2) is 0 Å². The highest BCUT2D eigenvalue weighted by Gasteiger charge is 2.28. The maximum atomic E-state index is 9.75. The Morgan fingerprint density at radius 1 is 1.19 bits per heavy atom. The molecule has 2 unspecified atom stereocenters. The second kappa shape index (κ2) is 6.58. The molecule has 16 heavy (non-hydrogen) atoms. The highest BCUT2D eigenvalue weighted by atomic mass is 16.3. The third-order valence-corrected chi connectivity index (χ3v) is 3.40. The van der Waals surface area contributed by atoms with Gasteiger partial charge in [0.25, 0.3) is 0 Å². The average Bonchev–Trinajstić information content (AvgIpc) is 2.12. The van der Waals surface area contributed by atoms with Gasteiger partial charge in [-0.3, -0.25) is 4.90 Å². The van der Waals surface area contributed by atoms with Gasteiger partial charge in [0.05, 0.1) is 6.10 Å². The SMILES string of the molecule is CCN(CC(C)(C)C(C)O)C(C)CN(C)C. The molecule has 0 aromatic rings. The lowest BCUT2D eigenvalue weighted by atomic mass is 9.86. The summed E-state index contributed by atoms with van der Waals surface area (Å²) in [6.07, 6.45) is -0.270. The minimum Gasteiger partial charge on any atom is -0.393 e. The van der Waals surface area contributed by atoms with E-state index in [1.54, 1.807) is 0 Å². The fourth-order valence-electron chi connectivity index (χ4n) is 1.88. The van der Waals surface area contributed by atoms with Gasteiger partial charge in [-0.15, -0.1) is 0 Å². The van der Waals surface area contributed by atoms with Gasteiger partial charge < -0.3 is 10.0 Å². The molecule has 0 radical (unpaired) electrons. The lowest BCUT2D eigenvalue weighted by molar-refractivity contribution is 0.0225. The van der Waals surface area contributed by atoms with Crippen molar-refractivity contribution in [2.45, 2.75) is 46.8 Å². The Morgan fingerprint density at radius 2 is 1.69 bits per heavy atom. The van der Waals surface area contributed by atoms with Gasteiger partial charge in [-0.1, -0.05) is 20.8 Å². The minimum absolute atomic E-state index is 0.0451. The number of aliphatic hydroxyl groups excluding tert-OH is 1. The van der Waals surface area contributed by atoms with E-state index in [4.69, 9.17) is 0 Å². The maximum absolute atomic E-state index is 9.75. The van der Waals surface area contributed by atoms with E-state index >= 15 is 0 Å². The molecule has 0 saturated carbocycles. The van der Waals surface area contributed by atoms with E-state index in [-0.39, 0.29) is 11.5 Å². The summed E-state index contributed by atoms with van der Waals surface area (Å²) in [5.41, 5.74) is -0.0451. The van der Waals surface area contributed by atoms with Crippen LogP contribution in [0.1, 0.15) is 34.6 Å². The number of hydrogen-bond acceptors (Lipinski definition) is 3. The Hall–Kier alpha value is -0.120. The van der Waals surface area contributed by atoms with Crippen LogP contribution in [0.2, 0.25) is 0 Å². The van der Waals surface area contributed by atoms with E-state index in [1.165, 1.54) is 0 Å². The number of hydrogen-bond donors (Lipinski definition) is 1. The smallest absolute Gasteiger partial charge is 0.0575 e. The van der Waals surface area contributed by atoms with Crippen LogP contribution >= 0.6 is 0 Å². The number of aliphatic hydroxyl groups is 1. The first-order chi connectivity index (χ1) is 7.20. The highest BCUT2D eigenvalue weighted by Crippen LogP contribution is 2.22. The Kier molecular flexibility index (Phi) is 6.53. The van der Waals surface area contributed by atoms with Crippen molar-refractivity contribution in [3.63, 3.8) is 0 Å². The Bertz CT molecular complexity index is 190. The standard InChI is InChI=1S/C13H30N2O/c1-8-15(11(2)9-14(6)7)10-13(4,5)12(3)16/h11-12,16H,8-10H2,1-7H3. The van der Waals surface area contributed by atoms with Crippen LogP contribution in [0.25, 0.3) is 0 Å². The molecular formula is C13H30N2O. The summed E-state index contributed by atoms with van der Waals surface area (Å²) in [6, 6.07) is 0.526. The third-order valence-electron chi connectivity index (χ3n) is 3.40. The summed E-state index contributed by atoms with van der Waals surface area (Å²) in [5, 5.41) is 9.75. The van der Waals surface area contributed by atoms with Gasteiger partial charge in [-0.25, -0.2) is 0 Å². The lowest BCUT2D eigenvalue weighted by Gasteiger charge is -2.38. The molecule has 0 aliphatic heterocycles. The quantitative estimate of drug-likeness (QED) is 0.720. The third kappa shape index (κ3) is 5.28. The average molecular weight is 230 g/mol. The van der Waals surface area contributed by atoms with Crippen LogP contribution in [-0.2, 0) is 0 Å². The van der Waals surface area contributed by atoms with Crippen LogP contribution in [0.4, 0.5) is 0 Å². The summed E-state index contributed by atoms with van der Waals surface area (Å²) >= 11 is 0. The molecule has 0 aromatic heterocycles. The van der Waals surface area contributed by atoms with Gasteiger partial charge >= 0.3 is 0 Å². The van der Waals surface area contributed by atoms with Crippen LogP contribution in [0, 0.1) is 5.41 Å². The van der Waals surface area contributed by atoms with Gasteiger partial charge in [0, 0.05) is 24.5 Å². The largest absolute Gasteiger partial charge is 0.393 e. The van der Waals surface area contributed by atoms with Gasteiger partial charge in [0.2, 0.25) is 0 Å². The van der Waals surface area contributed by atoms with E-state index in [9.17, 15) is 5.11 Å². The molecule has 0 aliphatic rings. The van der Waals surface area contributed by atoms with Gasteiger partial charge in [0.1, 0.15) is 0 Å². The number of nitrogens with zero attached hydrogens (tertiary/aromatic N) is 2. The summed E-state index contributed by atoms with van der Waals surface area (Å²) in [7, 11) is 4.20. The van der Waals surface area contributed by atoms with E-state index in [2.05, 4.69) is 51.6 Å². The predicted octanol–water partition coefficient (Wildman–Crippen LogP) is 1.67. The van der Waals surface area contributed by atoms with Crippen LogP contribution in [0.3, 0.4) is 0 Å². The normalized spacial score (nSPS) is 16.9. The molecule has 0 heterocycles. The molecule has 2 atom stereocenters. The van der Waals surface area contributed by atoms with Crippen molar-refractivity contribution in [1.82, 2.24) is 9.80 Å². The first-order valence-electron chi connectivity index (χ1n) is 6.27. The molecule has 98 valence electrons. The number of likely N-dealkylation sites (N-methyl/N-ethyl adjacent to an activating group) is 2. The summed E-state index contributed by atoms with van der Waals surface area (Å²) in [6.45, 7) is 13.6. The predicted molar refractivity (Wildman–Crippen MR) is 70.7 cm³/mol. The van der Waals surface area contributed by atoms with Gasteiger partial charge in [-0.05, 0) is 34.5 Å². The first kappa shape index (κ1) is 15.9. The molecule has 1 N–H and O–H groups in total. The molecule has 0 aromatic carbocycles. The molecule has 3 heteroatoms.